The third kappa shape index (κ3) is 4.42. The molecule has 1 aliphatic rings. The van der Waals surface area contributed by atoms with Crippen molar-refractivity contribution in [3.8, 4) is 55.6 Å². The maximum absolute atomic E-state index is 2.44. The Balaban J connectivity index is 1.04. The molecule has 11 rings (SSSR count). The zero-order valence-corrected chi connectivity index (χ0v) is 29.8. The fourth-order valence-corrected chi connectivity index (χ4v) is 9.52. The molecule has 0 saturated heterocycles. The Morgan fingerprint density at radius 3 is 1.68 bits per heavy atom. The van der Waals surface area contributed by atoms with Crippen LogP contribution in [0.4, 0.5) is 0 Å². The molecule has 0 aromatic heterocycles. The highest BCUT2D eigenvalue weighted by molar-refractivity contribution is 6.27. The van der Waals surface area contributed by atoms with Crippen LogP contribution in [-0.4, -0.2) is 0 Å². The van der Waals surface area contributed by atoms with Crippen LogP contribution in [0.1, 0.15) is 25.0 Å². The molecule has 0 unspecified atom stereocenters. The zero-order valence-electron chi connectivity index (χ0n) is 29.8. The van der Waals surface area contributed by atoms with Gasteiger partial charge in [0.25, 0.3) is 0 Å². The molecule has 10 aromatic carbocycles. The standard InChI is InChI=1S/C53H36/c1-53(2)49-32-38(24-27-45(49)48-30-19-34-13-6-7-17-42(34)52(48)53)37-14-10-15-39(31-37)40-16-8-9-18-43(40)44-26-21-36-22-28-46-41(33-11-4-3-5-12-33)25-20-35-23-29-47(44)51(36)50(35)46/h3-32H,1-2H3. The van der Waals surface area contributed by atoms with Crippen LogP contribution < -0.4 is 0 Å². The molecule has 0 fully saturated rings. The Morgan fingerprint density at radius 2 is 0.868 bits per heavy atom. The van der Waals surface area contributed by atoms with Crippen molar-refractivity contribution < 1.29 is 0 Å². The van der Waals surface area contributed by atoms with Gasteiger partial charge in [-0.2, -0.15) is 0 Å². The third-order valence-electron chi connectivity index (χ3n) is 12.0. The molecule has 10 aromatic rings. The molecule has 0 amide bonds. The first-order valence-electron chi connectivity index (χ1n) is 18.7. The number of hydrogen-bond donors (Lipinski definition) is 0. The van der Waals surface area contributed by atoms with Crippen LogP contribution in [0.3, 0.4) is 0 Å². The molecular formula is C53H36. The van der Waals surface area contributed by atoms with E-state index in [1.54, 1.807) is 0 Å². The molecule has 0 nitrogen and oxygen atoms in total. The first kappa shape index (κ1) is 30.2. The summed E-state index contributed by atoms with van der Waals surface area (Å²) < 4.78 is 0. The van der Waals surface area contributed by atoms with E-state index in [2.05, 4.69) is 196 Å². The van der Waals surface area contributed by atoms with Crippen LogP contribution in [0.15, 0.2) is 182 Å². The van der Waals surface area contributed by atoms with Crippen molar-refractivity contribution in [1.82, 2.24) is 0 Å². The van der Waals surface area contributed by atoms with Crippen molar-refractivity contribution in [2.45, 2.75) is 19.3 Å². The van der Waals surface area contributed by atoms with Crippen LogP contribution in [-0.2, 0) is 5.41 Å². The molecule has 0 N–H and O–H groups in total. The lowest BCUT2D eigenvalue weighted by atomic mass is 9.79. The van der Waals surface area contributed by atoms with Crippen LogP contribution in [0.25, 0.3) is 98.7 Å². The lowest BCUT2D eigenvalue weighted by Crippen LogP contribution is -2.15. The Kier molecular flexibility index (Phi) is 6.40. The molecular weight excluding hydrogens is 637 g/mol. The van der Waals surface area contributed by atoms with Crippen molar-refractivity contribution >= 4 is 43.1 Å². The Labute approximate surface area is 310 Å². The molecule has 0 atom stereocenters. The quantitative estimate of drug-likeness (QED) is 0.163. The minimum atomic E-state index is -0.0946. The Hall–Kier alpha value is -6.50. The lowest BCUT2D eigenvalue weighted by Gasteiger charge is -2.23. The number of benzene rings is 10. The monoisotopic (exact) mass is 672 g/mol. The molecule has 0 radical (unpaired) electrons. The Morgan fingerprint density at radius 1 is 0.302 bits per heavy atom. The minimum Gasteiger partial charge on any atom is -0.0622 e. The number of rotatable bonds is 4. The minimum absolute atomic E-state index is 0.0946. The van der Waals surface area contributed by atoms with Gasteiger partial charge < -0.3 is 0 Å². The van der Waals surface area contributed by atoms with Gasteiger partial charge in [0.2, 0.25) is 0 Å². The molecule has 0 bridgehead atoms. The second kappa shape index (κ2) is 11.2. The summed E-state index contributed by atoms with van der Waals surface area (Å²) in [7, 11) is 0. The van der Waals surface area contributed by atoms with E-state index in [0.717, 1.165) is 0 Å². The summed E-state index contributed by atoms with van der Waals surface area (Å²) in [6.45, 7) is 4.78. The van der Waals surface area contributed by atoms with Crippen molar-refractivity contribution in [3.63, 3.8) is 0 Å². The van der Waals surface area contributed by atoms with E-state index in [0.29, 0.717) is 0 Å². The number of hydrogen-bond acceptors (Lipinski definition) is 0. The van der Waals surface area contributed by atoms with Crippen LogP contribution >= 0.6 is 0 Å². The average Bonchev–Trinajstić information content (AvgIpc) is 3.45. The number of fused-ring (bicyclic) bond motifs is 5. The van der Waals surface area contributed by atoms with E-state index in [4.69, 9.17) is 0 Å². The van der Waals surface area contributed by atoms with Gasteiger partial charge in [0, 0.05) is 5.41 Å². The summed E-state index contributed by atoms with van der Waals surface area (Å²) in [4.78, 5) is 0. The van der Waals surface area contributed by atoms with Crippen molar-refractivity contribution in [2.24, 2.45) is 0 Å². The second-order valence-electron chi connectivity index (χ2n) is 15.2. The SMILES string of the molecule is CC1(C)c2cc(-c3cccc(-c4ccccc4-c4ccc5ccc6c(-c7ccccc7)ccc7ccc4c5c76)c3)ccc2-c2ccc3ccccc3c21. The highest BCUT2D eigenvalue weighted by Gasteiger charge is 2.37. The average molecular weight is 673 g/mol. The normalized spacial score (nSPS) is 13.2. The maximum atomic E-state index is 2.44. The molecule has 0 heteroatoms. The molecule has 53 heavy (non-hydrogen) atoms. The van der Waals surface area contributed by atoms with E-state index in [1.165, 1.54) is 110 Å². The van der Waals surface area contributed by atoms with Gasteiger partial charge >= 0.3 is 0 Å². The fourth-order valence-electron chi connectivity index (χ4n) is 9.52. The predicted octanol–water partition coefficient (Wildman–Crippen LogP) is 14.7. The van der Waals surface area contributed by atoms with Crippen LogP contribution in [0, 0.1) is 0 Å². The van der Waals surface area contributed by atoms with E-state index in [9.17, 15) is 0 Å². The zero-order chi connectivity index (χ0) is 35.3. The van der Waals surface area contributed by atoms with Gasteiger partial charge in [-0.25, -0.2) is 0 Å². The molecule has 248 valence electrons. The smallest absolute Gasteiger partial charge is 0.0165 e. The second-order valence-corrected chi connectivity index (χ2v) is 15.2. The third-order valence-corrected chi connectivity index (χ3v) is 12.0. The van der Waals surface area contributed by atoms with Gasteiger partial charge in [0.05, 0.1) is 0 Å². The molecule has 0 heterocycles. The van der Waals surface area contributed by atoms with Gasteiger partial charge in [-0.05, 0) is 122 Å². The molecule has 0 aliphatic heterocycles. The Bertz CT molecular complexity index is 3070. The van der Waals surface area contributed by atoms with Gasteiger partial charge in [0.15, 0.2) is 0 Å². The van der Waals surface area contributed by atoms with Gasteiger partial charge in [0.1, 0.15) is 0 Å². The van der Waals surface area contributed by atoms with Crippen LogP contribution in [0.5, 0.6) is 0 Å². The fraction of sp³-hybridized carbons (Fsp3) is 0.0566. The first-order valence-corrected chi connectivity index (χ1v) is 18.7. The lowest BCUT2D eigenvalue weighted by molar-refractivity contribution is 0.666. The van der Waals surface area contributed by atoms with Crippen molar-refractivity contribution in [2.75, 3.05) is 0 Å². The highest BCUT2D eigenvalue weighted by atomic mass is 14.4. The van der Waals surface area contributed by atoms with E-state index < -0.39 is 0 Å². The summed E-state index contributed by atoms with van der Waals surface area (Å²) in [5, 5.41) is 10.5. The summed E-state index contributed by atoms with van der Waals surface area (Å²) in [6, 6.07) is 67.8. The largest absolute Gasteiger partial charge is 0.0622 e. The van der Waals surface area contributed by atoms with Crippen molar-refractivity contribution in [1.29, 1.82) is 0 Å². The van der Waals surface area contributed by atoms with E-state index in [-0.39, 0.29) is 5.41 Å². The topological polar surface area (TPSA) is 0 Å². The molecule has 0 saturated carbocycles. The molecule has 0 spiro atoms. The van der Waals surface area contributed by atoms with Gasteiger partial charge in [-0.15, -0.1) is 0 Å². The van der Waals surface area contributed by atoms with Crippen LogP contribution in [0.2, 0.25) is 0 Å². The first-order chi connectivity index (χ1) is 26.0. The van der Waals surface area contributed by atoms with Gasteiger partial charge in [-0.1, -0.05) is 184 Å². The predicted molar refractivity (Wildman–Crippen MR) is 227 cm³/mol. The summed E-state index contributed by atoms with van der Waals surface area (Å²) in [6.07, 6.45) is 0. The summed E-state index contributed by atoms with van der Waals surface area (Å²) in [5.41, 5.74) is 15.5. The summed E-state index contributed by atoms with van der Waals surface area (Å²) in [5.74, 6) is 0. The maximum Gasteiger partial charge on any atom is 0.0165 e. The molecule has 1 aliphatic carbocycles. The van der Waals surface area contributed by atoms with E-state index in [1.807, 2.05) is 0 Å². The summed E-state index contributed by atoms with van der Waals surface area (Å²) >= 11 is 0. The van der Waals surface area contributed by atoms with E-state index >= 15 is 0 Å². The van der Waals surface area contributed by atoms with Gasteiger partial charge in [-0.3, -0.25) is 0 Å². The van der Waals surface area contributed by atoms with Crippen molar-refractivity contribution in [3.05, 3.63) is 193 Å². The highest BCUT2D eigenvalue weighted by Crippen LogP contribution is 2.52.